The van der Waals surface area contributed by atoms with E-state index < -0.39 is 6.09 Å². The molecule has 0 bridgehead atoms. The van der Waals surface area contributed by atoms with Gasteiger partial charge in [-0.2, -0.15) is 0 Å². The van der Waals surface area contributed by atoms with Crippen molar-refractivity contribution in [3.8, 4) is 5.75 Å². The maximum Gasteiger partial charge on any atom is 0.136 e. The Bertz CT molecular complexity index is 409. The number of phenols is 1. The van der Waals surface area contributed by atoms with E-state index in [2.05, 4.69) is 27.1 Å². The minimum absolute atomic E-state index is 0. The molecule has 1 aromatic carbocycles. The second-order valence-corrected chi connectivity index (χ2v) is 4.51. The molecule has 0 aliphatic rings. The van der Waals surface area contributed by atoms with E-state index in [0.717, 1.165) is 22.3 Å². The first-order chi connectivity index (χ1) is 8.24. The van der Waals surface area contributed by atoms with Crippen LogP contribution in [0.3, 0.4) is 0 Å². The zero-order valence-corrected chi connectivity index (χ0v) is 14.4. The van der Waals surface area contributed by atoms with Crippen LogP contribution in [0.4, 0.5) is 10.5 Å². The number of hydrogen-bond donors (Lipinski definition) is 2. The topological polar surface area (TPSA) is 72.4 Å². The summed E-state index contributed by atoms with van der Waals surface area (Å²) in [4.78, 5) is 9.15. The zero-order chi connectivity index (χ0) is 14.3. The van der Waals surface area contributed by atoms with E-state index in [-0.39, 0.29) is 24.0 Å². The lowest BCUT2D eigenvalue weighted by Gasteiger charge is -2.27. The number of phenolic OH excluding ortho intramolecular Hbond substituents is 1. The van der Waals surface area contributed by atoms with Crippen molar-refractivity contribution in [1.82, 2.24) is 9.80 Å². The van der Waals surface area contributed by atoms with Gasteiger partial charge >= 0.3 is 0 Å². The van der Waals surface area contributed by atoms with E-state index in [0.29, 0.717) is 5.75 Å². The minimum atomic E-state index is -1.25. The van der Waals surface area contributed by atoms with Gasteiger partial charge in [-0.1, -0.05) is 0 Å². The number of carbonyl (C=O) groups is 1. The third kappa shape index (κ3) is 7.22. The monoisotopic (exact) mass is 382 g/mol. The molecule has 0 aliphatic carbocycles. The number of aromatic hydroxyl groups is 1. The summed E-state index contributed by atoms with van der Waals surface area (Å²) in [6.07, 6.45) is -1.25. The third-order valence-electron chi connectivity index (χ3n) is 2.89. The fourth-order valence-electron chi connectivity index (χ4n) is 1.16. The summed E-state index contributed by atoms with van der Waals surface area (Å²) in [6.45, 7) is 5.06. The van der Waals surface area contributed by atoms with Crippen LogP contribution in [0.5, 0.6) is 5.75 Å². The smallest absolute Gasteiger partial charge is 0.136 e. The van der Waals surface area contributed by atoms with Crippen LogP contribution >= 0.6 is 24.0 Å². The Morgan fingerprint density at radius 1 is 1.42 bits per heavy atom. The van der Waals surface area contributed by atoms with Crippen LogP contribution in [0.1, 0.15) is 12.5 Å². The Labute approximate surface area is 131 Å². The predicted octanol–water partition coefficient (Wildman–Crippen LogP) is 1.45. The van der Waals surface area contributed by atoms with Crippen LogP contribution < -0.4 is 14.9 Å². The van der Waals surface area contributed by atoms with Crippen molar-refractivity contribution in [2.45, 2.75) is 13.8 Å². The second kappa shape index (κ2) is 8.98. The quantitative estimate of drug-likeness (QED) is 0.601. The molecule has 0 aromatic heterocycles. The number of nitrogens with zero attached hydrogens (tertiary/aromatic N) is 1. The standard InChI is InChI=1S/C11H17NO.C2H5NO2.HI/c1-5-12(3,4)10-7-6-9(2)11(13)8-10;1-3-2(4)5;/h6-8H,5H2,1-4H3;3H,1H3,(H,4,5);1H. The SMILES string of the molecule is CC[N+](C)(C)c1ccc(C)c(O)c1.CNC(=O)[O-].I. The Balaban J connectivity index is 0. The molecule has 0 radical (unpaired) electrons. The number of amides is 1. The maximum atomic E-state index is 9.55. The molecule has 0 fully saturated rings. The van der Waals surface area contributed by atoms with Crippen LogP contribution in [0.15, 0.2) is 18.2 Å². The zero-order valence-electron chi connectivity index (χ0n) is 12.1. The molecule has 0 saturated heterocycles. The van der Waals surface area contributed by atoms with E-state index in [1.165, 1.54) is 7.05 Å². The third-order valence-corrected chi connectivity index (χ3v) is 2.89. The largest absolute Gasteiger partial charge is 0.530 e. The van der Waals surface area contributed by atoms with E-state index in [1.807, 2.05) is 24.4 Å². The van der Waals surface area contributed by atoms with Gasteiger partial charge in [0, 0.05) is 13.1 Å². The van der Waals surface area contributed by atoms with Gasteiger partial charge in [-0.05, 0) is 31.5 Å². The van der Waals surface area contributed by atoms with E-state index >= 15 is 0 Å². The number of aryl methyl sites for hydroxylation is 1. The number of carbonyl (C=O) groups excluding carboxylic acids is 1. The van der Waals surface area contributed by atoms with Gasteiger partial charge in [0.15, 0.2) is 0 Å². The number of quaternary nitrogens is 1. The summed E-state index contributed by atoms with van der Waals surface area (Å²) in [5, 5.41) is 20.5. The van der Waals surface area contributed by atoms with Crippen molar-refractivity contribution in [2.75, 3.05) is 27.7 Å². The average Bonchev–Trinajstić information content (AvgIpc) is 2.33. The molecule has 0 spiro atoms. The number of rotatable bonds is 2. The van der Waals surface area contributed by atoms with Gasteiger partial charge in [-0.3, -0.25) is 4.48 Å². The molecule has 2 N–H and O–H groups in total. The molecule has 1 rings (SSSR count). The normalized spacial score (nSPS) is 9.74. The predicted molar refractivity (Wildman–Crippen MR) is 86.9 cm³/mol. The van der Waals surface area contributed by atoms with Crippen molar-refractivity contribution in [2.24, 2.45) is 0 Å². The lowest BCUT2D eigenvalue weighted by molar-refractivity contribution is -0.250. The number of nitrogens with one attached hydrogen (secondary N) is 1. The Hall–Kier alpha value is -1.02. The molecule has 1 amide bonds. The highest BCUT2D eigenvalue weighted by atomic mass is 127. The summed E-state index contributed by atoms with van der Waals surface area (Å²) in [7, 11) is 5.55. The maximum absolute atomic E-state index is 9.55. The van der Waals surface area contributed by atoms with E-state index in [1.54, 1.807) is 0 Å². The number of halogens is 1. The van der Waals surface area contributed by atoms with E-state index in [4.69, 9.17) is 9.90 Å². The molecule has 0 unspecified atom stereocenters. The molecular formula is C13H23IN2O3. The second-order valence-electron chi connectivity index (χ2n) is 4.51. The summed E-state index contributed by atoms with van der Waals surface area (Å²) in [5.74, 6) is 0.386. The van der Waals surface area contributed by atoms with Gasteiger partial charge in [0.25, 0.3) is 0 Å². The number of hydrogen-bond acceptors (Lipinski definition) is 3. The first-order valence-corrected chi connectivity index (χ1v) is 5.76. The molecule has 19 heavy (non-hydrogen) atoms. The van der Waals surface area contributed by atoms with Crippen molar-refractivity contribution < 1.29 is 15.0 Å². The van der Waals surface area contributed by atoms with Crippen LogP contribution in [-0.2, 0) is 0 Å². The van der Waals surface area contributed by atoms with Crippen molar-refractivity contribution in [1.29, 1.82) is 0 Å². The molecule has 0 saturated carbocycles. The number of carboxylic acid groups (broad SMARTS) is 1. The summed E-state index contributed by atoms with van der Waals surface area (Å²) in [6, 6.07) is 5.87. The highest BCUT2D eigenvalue weighted by Gasteiger charge is 2.16. The first-order valence-electron chi connectivity index (χ1n) is 5.76. The van der Waals surface area contributed by atoms with Crippen LogP contribution in [0, 0.1) is 6.92 Å². The lowest BCUT2D eigenvalue weighted by atomic mass is 10.2. The summed E-state index contributed by atoms with van der Waals surface area (Å²) >= 11 is 0. The molecule has 5 nitrogen and oxygen atoms in total. The Morgan fingerprint density at radius 3 is 2.21 bits per heavy atom. The Morgan fingerprint density at radius 2 is 1.89 bits per heavy atom. The number of benzene rings is 1. The van der Waals surface area contributed by atoms with Gasteiger partial charge in [0.2, 0.25) is 0 Å². The molecule has 6 heteroatoms. The van der Waals surface area contributed by atoms with Gasteiger partial charge < -0.3 is 20.3 Å². The Kier molecular flexibility index (Phi) is 9.59. The highest BCUT2D eigenvalue weighted by Crippen LogP contribution is 2.26. The summed E-state index contributed by atoms with van der Waals surface area (Å²) < 4.78 is 0.799. The van der Waals surface area contributed by atoms with Crippen molar-refractivity contribution >= 4 is 35.8 Å². The molecule has 0 aliphatic heterocycles. The summed E-state index contributed by atoms with van der Waals surface area (Å²) in [5.41, 5.74) is 2.07. The average molecular weight is 382 g/mol. The van der Waals surface area contributed by atoms with Gasteiger partial charge in [0.1, 0.15) is 17.5 Å². The van der Waals surface area contributed by atoms with Gasteiger partial charge in [0.05, 0.1) is 20.6 Å². The highest BCUT2D eigenvalue weighted by molar-refractivity contribution is 14.0. The van der Waals surface area contributed by atoms with Crippen molar-refractivity contribution in [3.05, 3.63) is 23.8 Å². The van der Waals surface area contributed by atoms with Gasteiger partial charge in [-0.25, -0.2) is 0 Å². The van der Waals surface area contributed by atoms with Crippen LogP contribution in [-0.4, -0.2) is 38.9 Å². The van der Waals surface area contributed by atoms with Gasteiger partial charge in [-0.15, -0.1) is 24.0 Å². The van der Waals surface area contributed by atoms with E-state index in [9.17, 15) is 5.11 Å². The fraction of sp³-hybridized carbons (Fsp3) is 0.462. The first kappa shape index (κ1) is 20.3. The minimum Gasteiger partial charge on any atom is -0.530 e. The molecule has 0 atom stereocenters. The fourth-order valence-corrected chi connectivity index (χ4v) is 1.16. The molecule has 0 heterocycles. The molecule has 110 valence electrons. The van der Waals surface area contributed by atoms with Crippen LogP contribution in [0.2, 0.25) is 0 Å². The molecular weight excluding hydrogens is 359 g/mol. The lowest BCUT2D eigenvalue weighted by Crippen LogP contribution is -2.39. The molecule has 1 aromatic rings. The van der Waals surface area contributed by atoms with Crippen molar-refractivity contribution in [3.63, 3.8) is 0 Å². The van der Waals surface area contributed by atoms with Crippen LogP contribution in [0.25, 0.3) is 0 Å².